The van der Waals surface area contributed by atoms with E-state index in [1.807, 2.05) is 30.3 Å². The number of rotatable bonds is 7. The number of hydrogen-bond donors (Lipinski definition) is 2. The molecule has 5 rings (SSSR count). The van der Waals surface area contributed by atoms with Gasteiger partial charge in [0.25, 0.3) is 0 Å². The fraction of sp³-hybridized carbons (Fsp3) is 0.308. The number of aliphatic hydroxyl groups is 1. The summed E-state index contributed by atoms with van der Waals surface area (Å²) in [6.07, 6.45) is 4.30. The third-order valence-corrected chi connectivity index (χ3v) is 6.45. The summed E-state index contributed by atoms with van der Waals surface area (Å²) in [4.78, 5) is 8.92. The maximum absolute atomic E-state index is 9.51. The number of ether oxygens (including phenoxy) is 1. The fourth-order valence-corrected chi connectivity index (χ4v) is 4.80. The van der Waals surface area contributed by atoms with Gasteiger partial charge in [0.1, 0.15) is 30.1 Å². The molecule has 1 saturated carbocycles. The molecule has 164 valence electrons. The van der Waals surface area contributed by atoms with Crippen LogP contribution in [0.3, 0.4) is 0 Å². The zero-order valence-electron chi connectivity index (χ0n) is 18.2. The van der Waals surface area contributed by atoms with Crippen molar-refractivity contribution in [1.29, 1.82) is 0 Å². The number of nitrogen functional groups attached to an aromatic ring is 1. The molecule has 0 aliphatic heterocycles. The molecule has 0 bridgehead atoms. The summed E-state index contributed by atoms with van der Waals surface area (Å²) < 4.78 is 8.41. The predicted molar refractivity (Wildman–Crippen MR) is 126 cm³/mol. The third-order valence-electron chi connectivity index (χ3n) is 6.45. The van der Waals surface area contributed by atoms with E-state index >= 15 is 0 Å². The van der Waals surface area contributed by atoms with Gasteiger partial charge in [0.2, 0.25) is 0 Å². The second-order valence-electron chi connectivity index (χ2n) is 8.48. The molecule has 3 N–H and O–H groups in total. The summed E-state index contributed by atoms with van der Waals surface area (Å²) >= 11 is 0. The van der Waals surface area contributed by atoms with Crippen molar-refractivity contribution in [1.82, 2.24) is 14.5 Å². The largest absolute Gasteiger partial charge is 0.489 e. The van der Waals surface area contributed by atoms with Crippen LogP contribution in [0, 0.1) is 5.92 Å². The Kier molecular flexibility index (Phi) is 5.53. The Balaban J connectivity index is 1.57. The highest BCUT2D eigenvalue weighted by molar-refractivity contribution is 6.02. The van der Waals surface area contributed by atoms with Crippen LogP contribution in [0.4, 0.5) is 5.82 Å². The van der Waals surface area contributed by atoms with Gasteiger partial charge in [0.05, 0.1) is 5.39 Å². The van der Waals surface area contributed by atoms with Crippen LogP contribution in [0.15, 0.2) is 60.9 Å². The van der Waals surface area contributed by atoms with Gasteiger partial charge in [0, 0.05) is 23.9 Å². The highest BCUT2D eigenvalue weighted by Crippen LogP contribution is 2.45. The van der Waals surface area contributed by atoms with Gasteiger partial charge in [-0.05, 0) is 48.4 Å². The molecule has 1 aliphatic rings. The number of aliphatic hydroxyl groups excluding tert-OH is 1. The first kappa shape index (κ1) is 20.5. The molecular formula is C26H28N4O2. The molecule has 32 heavy (non-hydrogen) atoms. The van der Waals surface area contributed by atoms with E-state index in [4.69, 9.17) is 10.5 Å². The number of benzene rings is 2. The van der Waals surface area contributed by atoms with Crippen molar-refractivity contribution < 1.29 is 9.84 Å². The molecule has 2 heterocycles. The maximum atomic E-state index is 9.51. The quantitative estimate of drug-likeness (QED) is 0.443. The average molecular weight is 429 g/mol. The molecule has 0 radical (unpaired) electrons. The topological polar surface area (TPSA) is 86.2 Å². The van der Waals surface area contributed by atoms with E-state index < -0.39 is 0 Å². The lowest BCUT2D eigenvalue weighted by molar-refractivity contribution is 0.113. The average Bonchev–Trinajstić information content (AvgIpc) is 3.13. The maximum Gasteiger partial charge on any atom is 0.146 e. The SMILES string of the molecule is CCc1c(-c2cccc(OCc3ccccc3)c2)c2c(N)ncnc2n1[C@H]1C[C@@H](CO)C1. The lowest BCUT2D eigenvalue weighted by Crippen LogP contribution is -2.30. The molecule has 0 atom stereocenters. The van der Waals surface area contributed by atoms with Crippen molar-refractivity contribution in [2.75, 3.05) is 12.3 Å². The summed E-state index contributed by atoms with van der Waals surface area (Å²) in [5.41, 5.74) is 11.7. The van der Waals surface area contributed by atoms with Crippen LogP contribution < -0.4 is 10.5 Å². The Labute approximate surface area is 187 Å². The Morgan fingerprint density at radius 1 is 1.09 bits per heavy atom. The van der Waals surface area contributed by atoms with Gasteiger partial charge in [-0.2, -0.15) is 0 Å². The zero-order chi connectivity index (χ0) is 22.1. The molecule has 6 heteroatoms. The highest BCUT2D eigenvalue weighted by Gasteiger charge is 2.34. The second-order valence-corrected chi connectivity index (χ2v) is 8.48. The first-order chi connectivity index (χ1) is 15.7. The minimum absolute atomic E-state index is 0.238. The monoisotopic (exact) mass is 428 g/mol. The first-order valence-electron chi connectivity index (χ1n) is 11.2. The minimum Gasteiger partial charge on any atom is -0.489 e. The number of hydrogen-bond acceptors (Lipinski definition) is 5. The molecule has 1 aliphatic carbocycles. The van der Waals surface area contributed by atoms with Crippen molar-refractivity contribution in [2.45, 2.75) is 38.8 Å². The Hall–Kier alpha value is -3.38. The molecule has 4 aromatic rings. The molecule has 1 fully saturated rings. The standard InChI is InChI=1S/C26H28N4O2/c1-2-22-23(19-9-6-10-21(13-19)32-15-17-7-4-3-5-8-17)24-25(27)28-16-29-26(24)30(22)20-11-18(12-20)14-31/h3-10,13,16,18,20,31H,2,11-12,14-15H2,1H3,(H2,27,28,29)/t18-,20+. The van der Waals surface area contributed by atoms with Crippen LogP contribution in [-0.2, 0) is 13.0 Å². The molecular weight excluding hydrogens is 400 g/mol. The normalized spacial score (nSPS) is 17.9. The molecule has 2 aromatic carbocycles. The third kappa shape index (κ3) is 3.60. The van der Waals surface area contributed by atoms with E-state index in [2.05, 4.69) is 45.7 Å². The van der Waals surface area contributed by atoms with E-state index in [0.717, 1.165) is 52.7 Å². The van der Waals surface area contributed by atoms with E-state index in [9.17, 15) is 5.11 Å². The van der Waals surface area contributed by atoms with Gasteiger partial charge in [-0.3, -0.25) is 0 Å². The van der Waals surface area contributed by atoms with Gasteiger partial charge in [-0.1, -0.05) is 49.4 Å². The fourth-order valence-electron chi connectivity index (χ4n) is 4.80. The number of aromatic nitrogens is 3. The lowest BCUT2D eigenvalue weighted by atomic mass is 9.80. The van der Waals surface area contributed by atoms with Gasteiger partial charge in [-0.25, -0.2) is 9.97 Å². The van der Waals surface area contributed by atoms with Crippen LogP contribution in [0.25, 0.3) is 22.2 Å². The molecule has 6 nitrogen and oxygen atoms in total. The van der Waals surface area contributed by atoms with Crippen LogP contribution in [0.2, 0.25) is 0 Å². The first-order valence-corrected chi connectivity index (χ1v) is 11.2. The Morgan fingerprint density at radius 3 is 2.66 bits per heavy atom. The molecule has 0 saturated heterocycles. The number of nitrogens with zero attached hydrogens (tertiary/aromatic N) is 3. The molecule has 0 spiro atoms. The van der Waals surface area contributed by atoms with Gasteiger partial charge >= 0.3 is 0 Å². The smallest absolute Gasteiger partial charge is 0.146 e. The summed E-state index contributed by atoms with van der Waals surface area (Å²) in [7, 11) is 0. The van der Waals surface area contributed by atoms with Crippen molar-refractivity contribution in [3.63, 3.8) is 0 Å². The van der Waals surface area contributed by atoms with Gasteiger partial charge in [-0.15, -0.1) is 0 Å². The summed E-state index contributed by atoms with van der Waals surface area (Å²) in [5, 5.41) is 10.4. The van der Waals surface area contributed by atoms with Crippen LogP contribution in [0.5, 0.6) is 5.75 Å². The second kappa shape index (κ2) is 8.63. The number of fused-ring (bicyclic) bond motifs is 1. The summed E-state index contributed by atoms with van der Waals surface area (Å²) in [6.45, 7) is 2.92. The van der Waals surface area contributed by atoms with Crippen molar-refractivity contribution >= 4 is 16.9 Å². The van der Waals surface area contributed by atoms with E-state index in [1.165, 1.54) is 5.69 Å². The molecule has 2 aromatic heterocycles. The van der Waals surface area contributed by atoms with Crippen molar-refractivity contribution in [3.8, 4) is 16.9 Å². The van der Waals surface area contributed by atoms with Crippen molar-refractivity contribution in [3.05, 3.63) is 72.2 Å². The van der Waals surface area contributed by atoms with Gasteiger partial charge in [0.15, 0.2) is 0 Å². The highest BCUT2D eigenvalue weighted by atomic mass is 16.5. The summed E-state index contributed by atoms with van der Waals surface area (Å²) in [6, 6.07) is 18.6. The zero-order valence-corrected chi connectivity index (χ0v) is 18.2. The predicted octanol–water partition coefficient (Wildman–Crippen LogP) is 4.77. The number of nitrogens with two attached hydrogens (primary N) is 1. The van der Waals surface area contributed by atoms with Crippen LogP contribution in [-0.4, -0.2) is 26.2 Å². The molecule has 0 unspecified atom stereocenters. The van der Waals surface area contributed by atoms with E-state index in [1.54, 1.807) is 6.33 Å². The minimum atomic E-state index is 0.238. The van der Waals surface area contributed by atoms with E-state index in [-0.39, 0.29) is 6.61 Å². The van der Waals surface area contributed by atoms with Crippen LogP contribution >= 0.6 is 0 Å². The van der Waals surface area contributed by atoms with Crippen LogP contribution in [0.1, 0.15) is 37.1 Å². The lowest BCUT2D eigenvalue weighted by Gasteiger charge is -2.36. The van der Waals surface area contributed by atoms with E-state index in [0.29, 0.717) is 24.4 Å². The van der Waals surface area contributed by atoms with Crippen molar-refractivity contribution in [2.24, 2.45) is 5.92 Å². The molecule has 0 amide bonds. The Morgan fingerprint density at radius 2 is 1.91 bits per heavy atom. The summed E-state index contributed by atoms with van der Waals surface area (Å²) in [5.74, 6) is 1.67. The number of anilines is 1. The Bertz CT molecular complexity index is 1230. The van der Waals surface area contributed by atoms with Gasteiger partial charge < -0.3 is 20.1 Å².